The number of hydrogen-bond acceptors (Lipinski definition) is 3. The molecule has 1 saturated heterocycles. The number of nitrogens with zero attached hydrogens (tertiary/aromatic N) is 2. The number of piperidine rings is 1. The van der Waals surface area contributed by atoms with Crippen LogP contribution in [0.5, 0.6) is 0 Å². The summed E-state index contributed by atoms with van der Waals surface area (Å²) in [6.07, 6.45) is 5.57. The van der Waals surface area contributed by atoms with Gasteiger partial charge in [0.05, 0.1) is 11.4 Å². The van der Waals surface area contributed by atoms with E-state index in [1.807, 2.05) is 41.3 Å². The van der Waals surface area contributed by atoms with Crippen molar-refractivity contribution >= 4 is 17.4 Å². The molecule has 1 aliphatic rings. The maximum atomic E-state index is 13.2. The van der Waals surface area contributed by atoms with E-state index in [0.29, 0.717) is 13.1 Å². The number of carbonyl (C=O) groups is 1. The number of methoxy groups -OCH3 is 1. The minimum absolute atomic E-state index is 0.0456. The van der Waals surface area contributed by atoms with Crippen LogP contribution in [0, 0.1) is 0 Å². The van der Waals surface area contributed by atoms with Gasteiger partial charge in [0, 0.05) is 39.9 Å². The molecule has 0 radical (unpaired) electrons. The number of para-hydroxylation sites is 2. The molecular weight excluding hydrogens is 362 g/mol. The molecule has 0 unspecified atom stereocenters. The van der Waals surface area contributed by atoms with Gasteiger partial charge in [-0.05, 0) is 49.8 Å². The van der Waals surface area contributed by atoms with Gasteiger partial charge in [-0.3, -0.25) is 0 Å². The van der Waals surface area contributed by atoms with E-state index in [4.69, 9.17) is 4.74 Å². The number of ether oxygens (including phenoxy) is 1. The monoisotopic (exact) mass is 395 g/mol. The van der Waals surface area contributed by atoms with Crippen LogP contribution < -0.4 is 10.2 Å². The van der Waals surface area contributed by atoms with Crippen LogP contribution in [0.1, 0.15) is 37.7 Å². The Bertz CT molecular complexity index is 745. The molecule has 0 atom stereocenters. The number of amides is 2. The van der Waals surface area contributed by atoms with E-state index in [2.05, 4.69) is 28.4 Å². The number of benzene rings is 2. The van der Waals surface area contributed by atoms with Gasteiger partial charge in [0.2, 0.25) is 0 Å². The lowest BCUT2D eigenvalue weighted by molar-refractivity contribution is 0.182. The zero-order chi connectivity index (χ0) is 20.3. The average molecular weight is 396 g/mol. The van der Waals surface area contributed by atoms with Crippen molar-refractivity contribution in [2.24, 2.45) is 0 Å². The highest BCUT2D eigenvalue weighted by atomic mass is 16.5. The normalized spacial score (nSPS) is 13.9. The highest BCUT2D eigenvalue weighted by Gasteiger charge is 2.18. The number of nitrogens with one attached hydrogen (secondary N) is 1. The summed E-state index contributed by atoms with van der Waals surface area (Å²) in [6, 6.07) is 18.3. The maximum absolute atomic E-state index is 13.2. The number of rotatable bonds is 9. The molecule has 2 aromatic carbocycles. The summed E-state index contributed by atoms with van der Waals surface area (Å²) in [5.74, 6) is 0. The van der Waals surface area contributed by atoms with Crippen LogP contribution in [0.15, 0.2) is 54.6 Å². The Morgan fingerprint density at radius 1 is 1.00 bits per heavy atom. The van der Waals surface area contributed by atoms with Gasteiger partial charge < -0.3 is 19.9 Å². The summed E-state index contributed by atoms with van der Waals surface area (Å²) < 4.78 is 5.16. The molecule has 1 N–H and O–H groups in total. The van der Waals surface area contributed by atoms with Gasteiger partial charge in [-0.1, -0.05) is 42.5 Å². The highest BCUT2D eigenvalue weighted by Crippen LogP contribution is 2.28. The first-order chi connectivity index (χ1) is 14.3. The van der Waals surface area contributed by atoms with Gasteiger partial charge in [-0.2, -0.15) is 0 Å². The van der Waals surface area contributed by atoms with Crippen LogP contribution in [0.2, 0.25) is 0 Å². The van der Waals surface area contributed by atoms with Gasteiger partial charge in [-0.15, -0.1) is 0 Å². The average Bonchev–Trinajstić information content (AvgIpc) is 2.77. The molecule has 0 spiro atoms. The topological polar surface area (TPSA) is 44.8 Å². The summed E-state index contributed by atoms with van der Waals surface area (Å²) in [6.45, 7) is 4.13. The number of hydrogen-bond donors (Lipinski definition) is 1. The van der Waals surface area contributed by atoms with E-state index in [1.165, 1.54) is 19.3 Å². The zero-order valence-electron chi connectivity index (χ0n) is 17.5. The molecule has 5 heteroatoms. The maximum Gasteiger partial charge on any atom is 0.322 e. The highest BCUT2D eigenvalue weighted by molar-refractivity contribution is 5.93. The van der Waals surface area contributed by atoms with Crippen molar-refractivity contribution in [3.05, 3.63) is 60.2 Å². The van der Waals surface area contributed by atoms with Crippen LogP contribution in [0.3, 0.4) is 0 Å². The minimum atomic E-state index is -0.0456. The first-order valence-electron chi connectivity index (χ1n) is 10.7. The fourth-order valence-electron chi connectivity index (χ4n) is 3.79. The van der Waals surface area contributed by atoms with Crippen molar-refractivity contribution < 1.29 is 9.53 Å². The summed E-state index contributed by atoms with van der Waals surface area (Å²) >= 11 is 0. The third-order valence-corrected chi connectivity index (χ3v) is 5.37. The molecule has 0 saturated carbocycles. The van der Waals surface area contributed by atoms with E-state index in [-0.39, 0.29) is 6.03 Å². The number of unbranched alkanes of at least 4 members (excludes halogenated alkanes) is 1. The van der Waals surface area contributed by atoms with Crippen molar-refractivity contribution in [2.45, 2.75) is 38.6 Å². The quantitative estimate of drug-likeness (QED) is 0.598. The lowest BCUT2D eigenvalue weighted by Gasteiger charge is -2.31. The Labute approximate surface area is 174 Å². The van der Waals surface area contributed by atoms with Gasteiger partial charge in [-0.25, -0.2) is 4.79 Å². The summed E-state index contributed by atoms with van der Waals surface area (Å²) in [5, 5.41) is 3.18. The second-order valence-electron chi connectivity index (χ2n) is 7.60. The van der Waals surface area contributed by atoms with Crippen LogP contribution in [-0.2, 0) is 11.3 Å². The summed E-state index contributed by atoms with van der Waals surface area (Å²) in [4.78, 5) is 17.5. The van der Waals surface area contributed by atoms with E-state index >= 15 is 0 Å². The van der Waals surface area contributed by atoms with Gasteiger partial charge in [0.25, 0.3) is 0 Å². The zero-order valence-corrected chi connectivity index (χ0v) is 17.5. The van der Waals surface area contributed by atoms with Crippen molar-refractivity contribution in [2.75, 3.05) is 43.6 Å². The van der Waals surface area contributed by atoms with Crippen LogP contribution in [-0.4, -0.2) is 44.3 Å². The smallest absolute Gasteiger partial charge is 0.322 e. The van der Waals surface area contributed by atoms with Crippen LogP contribution in [0.4, 0.5) is 16.2 Å². The summed E-state index contributed by atoms with van der Waals surface area (Å²) in [5.41, 5.74) is 3.16. The molecule has 5 nitrogen and oxygen atoms in total. The first kappa shape index (κ1) is 21.2. The molecule has 1 fully saturated rings. The Morgan fingerprint density at radius 3 is 2.48 bits per heavy atom. The van der Waals surface area contributed by atoms with Gasteiger partial charge in [0.15, 0.2) is 0 Å². The second-order valence-corrected chi connectivity index (χ2v) is 7.60. The molecule has 0 aromatic heterocycles. The fraction of sp³-hybridized carbons (Fsp3) is 0.458. The Hall–Kier alpha value is -2.53. The van der Waals surface area contributed by atoms with Crippen molar-refractivity contribution in [3.63, 3.8) is 0 Å². The first-order valence-corrected chi connectivity index (χ1v) is 10.7. The van der Waals surface area contributed by atoms with E-state index in [9.17, 15) is 4.79 Å². The molecular formula is C24H33N3O2. The Morgan fingerprint density at radius 2 is 1.72 bits per heavy atom. The third-order valence-electron chi connectivity index (χ3n) is 5.37. The van der Waals surface area contributed by atoms with Crippen molar-refractivity contribution in [1.82, 2.24) is 4.90 Å². The van der Waals surface area contributed by atoms with Crippen LogP contribution in [0.25, 0.3) is 0 Å². The number of anilines is 2. The lowest BCUT2D eigenvalue weighted by Crippen LogP contribution is -2.36. The molecule has 1 aliphatic heterocycles. The Kier molecular flexibility index (Phi) is 8.38. The van der Waals surface area contributed by atoms with Crippen molar-refractivity contribution in [3.8, 4) is 0 Å². The predicted octanol–water partition coefficient (Wildman–Crippen LogP) is 5.14. The molecule has 2 amide bonds. The molecule has 3 rings (SSSR count). The van der Waals surface area contributed by atoms with Crippen LogP contribution >= 0.6 is 0 Å². The molecule has 0 bridgehead atoms. The third kappa shape index (κ3) is 6.50. The number of carbonyl (C=O) groups excluding carboxylic acids is 1. The predicted molar refractivity (Wildman–Crippen MR) is 119 cm³/mol. The molecule has 2 aromatic rings. The van der Waals surface area contributed by atoms with E-state index < -0.39 is 0 Å². The minimum Gasteiger partial charge on any atom is -0.385 e. The van der Waals surface area contributed by atoms with Crippen molar-refractivity contribution in [1.29, 1.82) is 0 Å². The van der Waals surface area contributed by atoms with E-state index in [0.717, 1.165) is 49.5 Å². The van der Waals surface area contributed by atoms with Gasteiger partial charge >= 0.3 is 6.03 Å². The summed E-state index contributed by atoms with van der Waals surface area (Å²) in [7, 11) is 1.71. The largest absolute Gasteiger partial charge is 0.385 e. The second kappa shape index (κ2) is 11.5. The number of urea groups is 1. The molecule has 156 valence electrons. The SMILES string of the molecule is COCCCCN(Cc1ccccc1)C(=O)Nc1ccccc1N1CCCCC1. The Balaban J connectivity index is 1.70. The van der Waals surface area contributed by atoms with Gasteiger partial charge in [0.1, 0.15) is 0 Å². The molecule has 1 heterocycles. The van der Waals surface area contributed by atoms with E-state index in [1.54, 1.807) is 7.11 Å². The standard InChI is InChI=1S/C24H33N3O2/c1-29-19-11-10-18-27(20-21-12-4-2-5-13-21)24(28)25-22-14-6-7-15-23(22)26-16-8-3-9-17-26/h2,4-7,12-15H,3,8-11,16-20H2,1H3,(H,25,28). The lowest BCUT2D eigenvalue weighted by atomic mass is 10.1. The molecule has 29 heavy (non-hydrogen) atoms. The fourth-order valence-corrected chi connectivity index (χ4v) is 3.79. The molecule has 0 aliphatic carbocycles.